The van der Waals surface area contributed by atoms with E-state index in [1.165, 1.54) is 11.3 Å². The van der Waals surface area contributed by atoms with Crippen molar-refractivity contribution in [3.05, 3.63) is 24.0 Å². The molecule has 0 amide bonds. The molecule has 0 aliphatic carbocycles. The van der Waals surface area contributed by atoms with E-state index in [0.717, 1.165) is 39.4 Å². The Labute approximate surface area is 130 Å². The molecule has 1 aromatic heterocycles. The minimum atomic E-state index is 0.674. The fraction of sp³-hybridized carbons (Fsp3) is 0.706. The Morgan fingerprint density at radius 3 is 2.10 bits per heavy atom. The van der Waals surface area contributed by atoms with Gasteiger partial charge in [-0.2, -0.15) is 0 Å². The summed E-state index contributed by atoms with van der Waals surface area (Å²) in [5.74, 6) is 0. The third kappa shape index (κ3) is 4.97. The van der Waals surface area contributed by atoms with Gasteiger partial charge in [-0.15, -0.1) is 0 Å². The molecule has 120 valence electrons. The van der Waals surface area contributed by atoms with Gasteiger partial charge in [-0.3, -0.25) is 9.88 Å². The highest BCUT2D eigenvalue weighted by Crippen LogP contribution is 2.19. The Bertz CT molecular complexity index is 385. The lowest BCUT2D eigenvalue weighted by Crippen LogP contribution is -2.56. The van der Waals surface area contributed by atoms with Crippen molar-refractivity contribution < 1.29 is 4.74 Å². The number of nitrogens with zero attached hydrogens (tertiary/aromatic N) is 3. The van der Waals surface area contributed by atoms with E-state index >= 15 is 0 Å². The van der Waals surface area contributed by atoms with E-state index < -0.39 is 0 Å². The molecule has 0 spiro atoms. The predicted octanol–water partition coefficient (Wildman–Crippen LogP) is 2.96. The van der Waals surface area contributed by atoms with Crippen LogP contribution in [0.1, 0.15) is 33.3 Å². The van der Waals surface area contributed by atoms with Crippen LogP contribution in [-0.4, -0.2) is 55.3 Å². The molecule has 4 heteroatoms. The van der Waals surface area contributed by atoms with Crippen LogP contribution in [0.4, 0.5) is 5.69 Å². The summed E-state index contributed by atoms with van der Waals surface area (Å²) in [4.78, 5) is 9.24. The molecule has 0 aromatic carbocycles. The molecule has 0 atom stereocenters. The van der Waals surface area contributed by atoms with Crippen LogP contribution in [0.15, 0.2) is 18.5 Å². The minimum Gasteiger partial charge on any atom is -0.378 e. The molecule has 0 radical (unpaired) electrons. The van der Waals surface area contributed by atoms with Gasteiger partial charge in [0.1, 0.15) is 0 Å². The van der Waals surface area contributed by atoms with Crippen molar-refractivity contribution in [1.29, 1.82) is 0 Å². The molecule has 3 rings (SSSR count). The first-order chi connectivity index (χ1) is 10.3. The van der Waals surface area contributed by atoms with E-state index in [9.17, 15) is 0 Å². The second-order valence-electron chi connectivity index (χ2n) is 4.93. The highest BCUT2D eigenvalue weighted by Gasteiger charge is 2.28. The van der Waals surface area contributed by atoms with Crippen LogP contribution >= 0.6 is 0 Å². The number of piperazine rings is 1. The Balaban J connectivity index is 0.000000510. The smallest absolute Gasteiger partial charge is 0.0645 e. The lowest BCUT2D eigenvalue weighted by atomic mass is 10.1. The molecule has 21 heavy (non-hydrogen) atoms. The monoisotopic (exact) mass is 293 g/mol. The highest BCUT2D eigenvalue weighted by atomic mass is 16.5. The number of aromatic nitrogens is 1. The number of ether oxygens (including phenoxy) is 1. The number of hydrogen-bond acceptors (Lipinski definition) is 4. The van der Waals surface area contributed by atoms with Crippen LogP contribution in [-0.2, 0) is 4.74 Å². The van der Waals surface area contributed by atoms with Gasteiger partial charge in [0.15, 0.2) is 0 Å². The van der Waals surface area contributed by atoms with Gasteiger partial charge in [-0.05, 0) is 18.6 Å². The van der Waals surface area contributed by atoms with Crippen molar-refractivity contribution in [2.45, 2.75) is 40.7 Å². The molecule has 1 aromatic rings. The van der Waals surface area contributed by atoms with Crippen molar-refractivity contribution in [2.75, 3.05) is 44.3 Å². The maximum Gasteiger partial charge on any atom is 0.0645 e. The van der Waals surface area contributed by atoms with Crippen molar-refractivity contribution in [3.8, 4) is 0 Å². The van der Waals surface area contributed by atoms with E-state index in [4.69, 9.17) is 4.74 Å². The summed E-state index contributed by atoms with van der Waals surface area (Å²) in [7, 11) is 0. The number of rotatable bonds is 2. The van der Waals surface area contributed by atoms with Crippen LogP contribution in [0.5, 0.6) is 0 Å². The molecular formula is C17H31N3O. The SMILES string of the molecule is CC.CC.Cc1cncc(N2CCN(C3COC3)CC2)c1. The molecule has 4 nitrogen and oxygen atoms in total. The summed E-state index contributed by atoms with van der Waals surface area (Å²) in [6.07, 6.45) is 3.88. The molecule has 2 fully saturated rings. The van der Waals surface area contributed by atoms with E-state index in [-0.39, 0.29) is 0 Å². The zero-order valence-corrected chi connectivity index (χ0v) is 14.3. The number of hydrogen-bond donors (Lipinski definition) is 0. The van der Waals surface area contributed by atoms with Crippen LogP contribution in [0.25, 0.3) is 0 Å². The average molecular weight is 293 g/mol. The zero-order chi connectivity index (χ0) is 15.7. The van der Waals surface area contributed by atoms with Gasteiger partial charge >= 0.3 is 0 Å². The maximum absolute atomic E-state index is 5.25. The van der Waals surface area contributed by atoms with Gasteiger partial charge in [0.2, 0.25) is 0 Å². The van der Waals surface area contributed by atoms with Gasteiger partial charge in [0.25, 0.3) is 0 Å². The van der Waals surface area contributed by atoms with E-state index in [1.54, 1.807) is 0 Å². The van der Waals surface area contributed by atoms with Crippen LogP contribution in [0.2, 0.25) is 0 Å². The molecule has 0 N–H and O–H groups in total. The Morgan fingerprint density at radius 1 is 1.00 bits per heavy atom. The summed E-state index contributed by atoms with van der Waals surface area (Å²) in [6.45, 7) is 16.4. The lowest BCUT2D eigenvalue weighted by Gasteiger charge is -2.43. The number of anilines is 1. The molecule has 0 unspecified atom stereocenters. The van der Waals surface area contributed by atoms with E-state index in [2.05, 4.69) is 27.8 Å². The third-order valence-corrected chi connectivity index (χ3v) is 3.68. The summed E-state index contributed by atoms with van der Waals surface area (Å²) >= 11 is 0. The quantitative estimate of drug-likeness (QED) is 0.838. The number of pyridine rings is 1. The first-order valence-electron chi connectivity index (χ1n) is 8.31. The number of aryl methyl sites for hydroxylation is 1. The topological polar surface area (TPSA) is 28.6 Å². The second kappa shape index (κ2) is 9.74. The fourth-order valence-electron chi connectivity index (χ4n) is 2.49. The molecule has 2 aliphatic rings. The Kier molecular flexibility index (Phi) is 8.31. The predicted molar refractivity (Wildman–Crippen MR) is 90.1 cm³/mol. The van der Waals surface area contributed by atoms with E-state index in [0.29, 0.717) is 6.04 Å². The van der Waals surface area contributed by atoms with Crippen molar-refractivity contribution in [3.63, 3.8) is 0 Å². The van der Waals surface area contributed by atoms with Gasteiger partial charge in [0, 0.05) is 32.4 Å². The van der Waals surface area contributed by atoms with Crippen LogP contribution in [0, 0.1) is 6.92 Å². The van der Waals surface area contributed by atoms with Crippen LogP contribution < -0.4 is 4.90 Å². The zero-order valence-electron chi connectivity index (χ0n) is 14.3. The van der Waals surface area contributed by atoms with Crippen molar-refractivity contribution in [2.24, 2.45) is 0 Å². The highest BCUT2D eigenvalue weighted by molar-refractivity contribution is 5.46. The molecule has 2 aliphatic heterocycles. The van der Waals surface area contributed by atoms with Crippen molar-refractivity contribution >= 4 is 5.69 Å². The first-order valence-corrected chi connectivity index (χ1v) is 8.31. The molecule has 0 saturated carbocycles. The summed E-state index contributed by atoms with van der Waals surface area (Å²) in [5, 5.41) is 0. The fourth-order valence-corrected chi connectivity index (χ4v) is 2.49. The van der Waals surface area contributed by atoms with Crippen molar-refractivity contribution in [1.82, 2.24) is 9.88 Å². The Hall–Kier alpha value is -1.13. The molecule has 3 heterocycles. The largest absolute Gasteiger partial charge is 0.378 e. The molecule has 2 saturated heterocycles. The normalized spacial score (nSPS) is 18.8. The van der Waals surface area contributed by atoms with Crippen LogP contribution in [0.3, 0.4) is 0 Å². The lowest BCUT2D eigenvalue weighted by molar-refractivity contribution is -0.0660. The summed E-state index contributed by atoms with van der Waals surface area (Å²) in [5.41, 5.74) is 2.49. The van der Waals surface area contributed by atoms with Gasteiger partial charge in [-0.25, -0.2) is 0 Å². The average Bonchev–Trinajstić information content (AvgIpc) is 2.50. The minimum absolute atomic E-state index is 0.674. The third-order valence-electron chi connectivity index (χ3n) is 3.68. The van der Waals surface area contributed by atoms with Gasteiger partial charge < -0.3 is 9.64 Å². The van der Waals surface area contributed by atoms with E-state index in [1.807, 2.05) is 40.1 Å². The Morgan fingerprint density at radius 2 is 1.62 bits per heavy atom. The first kappa shape index (κ1) is 17.9. The summed E-state index contributed by atoms with van der Waals surface area (Å²) < 4.78 is 5.25. The molecular weight excluding hydrogens is 262 g/mol. The maximum atomic E-state index is 5.25. The second-order valence-corrected chi connectivity index (χ2v) is 4.93. The summed E-state index contributed by atoms with van der Waals surface area (Å²) in [6, 6.07) is 2.89. The molecule has 0 bridgehead atoms. The van der Waals surface area contributed by atoms with Gasteiger partial charge in [-0.1, -0.05) is 27.7 Å². The van der Waals surface area contributed by atoms with Gasteiger partial charge in [0.05, 0.1) is 31.1 Å². The standard InChI is InChI=1S/C13H19N3O.2C2H6/c1-11-6-12(8-14-7-11)15-2-4-16(5-3-15)13-9-17-10-13;2*1-2/h6-8,13H,2-5,9-10H2,1H3;2*1-2H3.